The van der Waals surface area contributed by atoms with E-state index in [1.165, 1.54) is 65.7 Å². The minimum Gasteiger partial charge on any atom is -0.310 e. The topological polar surface area (TPSA) is 3.24 Å². The van der Waals surface area contributed by atoms with Gasteiger partial charge in [0.2, 0.25) is 0 Å². The maximum Gasteiger partial charge on any atom is 0.0467 e. The van der Waals surface area contributed by atoms with E-state index < -0.39 is 0 Å². The second kappa shape index (κ2) is 12.3. The van der Waals surface area contributed by atoms with E-state index in [4.69, 9.17) is 0 Å². The molecule has 1 heteroatoms. The summed E-state index contributed by atoms with van der Waals surface area (Å²) in [4.78, 5) is 2.36. The summed E-state index contributed by atoms with van der Waals surface area (Å²) in [5.41, 5.74) is 10.6. The van der Waals surface area contributed by atoms with Crippen molar-refractivity contribution in [2.75, 3.05) is 4.90 Å². The minimum absolute atomic E-state index is 1.11. The van der Waals surface area contributed by atoms with Gasteiger partial charge in [0.25, 0.3) is 0 Å². The summed E-state index contributed by atoms with van der Waals surface area (Å²) in [5, 5.41) is 7.59. The Morgan fingerprint density at radius 3 is 1.53 bits per heavy atom. The van der Waals surface area contributed by atoms with Gasteiger partial charge in [0.1, 0.15) is 0 Å². The molecule has 9 aromatic rings. The van der Waals surface area contributed by atoms with Gasteiger partial charge in [0.05, 0.1) is 0 Å². The first-order valence-electron chi connectivity index (χ1n) is 16.8. The van der Waals surface area contributed by atoms with Crippen LogP contribution >= 0.6 is 0 Å². The highest BCUT2D eigenvalue weighted by Gasteiger charge is 2.15. The molecule has 0 fully saturated rings. The van der Waals surface area contributed by atoms with E-state index >= 15 is 0 Å². The molecule has 0 aliphatic carbocycles. The standard InChI is InChI=1S/C48H33N/c1-2-11-34(12-3-1)36-23-27-42(28-24-36)49(44-17-10-16-39(32-44)40-22-21-35-13-4-5-14-38(35)31-40)43-29-25-37(26-30-43)48-33-41-15-6-7-18-45(41)46-19-8-9-20-47(46)48/h1-33H. The van der Waals surface area contributed by atoms with Crippen LogP contribution in [-0.4, -0.2) is 0 Å². The lowest BCUT2D eigenvalue weighted by Crippen LogP contribution is -2.10. The molecule has 0 aliphatic heterocycles. The van der Waals surface area contributed by atoms with Gasteiger partial charge in [0.15, 0.2) is 0 Å². The molecule has 230 valence electrons. The molecule has 49 heavy (non-hydrogen) atoms. The predicted molar refractivity (Wildman–Crippen MR) is 210 cm³/mol. The summed E-state index contributed by atoms with van der Waals surface area (Å²) < 4.78 is 0. The monoisotopic (exact) mass is 623 g/mol. The molecule has 0 bridgehead atoms. The van der Waals surface area contributed by atoms with Gasteiger partial charge in [-0.1, -0.05) is 152 Å². The lowest BCUT2D eigenvalue weighted by Gasteiger charge is -2.26. The van der Waals surface area contributed by atoms with Crippen LogP contribution in [0.1, 0.15) is 0 Å². The average Bonchev–Trinajstić information content (AvgIpc) is 3.18. The molecule has 0 N–H and O–H groups in total. The van der Waals surface area contributed by atoms with Gasteiger partial charge in [-0.25, -0.2) is 0 Å². The van der Waals surface area contributed by atoms with Gasteiger partial charge in [-0.3, -0.25) is 0 Å². The number of anilines is 3. The molecule has 0 saturated heterocycles. The lowest BCUT2D eigenvalue weighted by molar-refractivity contribution is 1.28. The summed E-state index contributed by atoms with van der Waals surface area (Å²) >= 11 is 0. The summed E-state index contributed by atoms with van der Waals surface area (Å²) in [5.74, 6) is 0. The first-order valence-corrected chi connectivity index (χ1v) is 16.8. The van der Waals surface area contributed by atoms with Gasteiger partial charge in [-0.2, -0.15) is 0 Å². The van der Waals surface area contributed by atoms with Crippen molar-refractivity contribution in [3.8, 4) is 33.4 Å². The SMILES string of the molecule is c1ccc(-c2ccc(N(c3ccc(-c4cc5ccccc5c5ccccc45)cc3)c3cccc(-c4ccc5ccccc5c4)c3)cc2)cc1. The summed E-state index contributed by atoms with van der Waals surface area (Å²) in [6.45, 7) is 0. The Morgan fingerprint density at radius 2 is 0.776 bits per heavy atom. The maximum absolute atomic E-state index is 2.36. The second-order valence-electron chi connectivity index (χ2n) is 12.6. The Labute approximate surface area is 287 Å². The van der Waals surface area contributed by atoms with Crippen LogP contribution in [0.2, 0.25) is 0 Å². The zero-order valence-electron chi connectivity index (χ0n) is 27.0. The molecule has 0 aromatic heterocycles. The first kappa shape index (κ1) is 28.8. The number of fused-ring (bicyclic) bond motifs is 4. The highest BCUT2D eigenvalue weighted by atomic mass is 15.1. The fraction of sp³-hybridized carbons (Fsp3) is 0. The van der Waals surface area contributed by atoms with Crippen molar-refractivity contribution in [1.82, 2.24) is 0 Å². The zero-order valence-corrected chi connectivity index (χ0v) is 27.0. The van der Waals surface area contributed by atoms with E-state index in [1.54, 1.807) is 0 Å². The largest absolute Gasteiger partial charge is 0.310 e. The van der Waals surface area contributed by atoms with Gasteiger partial charge >= 0.3 is 0 Å². The van der Waals surface area contributed by atoms with Crippen molar-refractivity contribution < 1.29 is 0 Å². The predicted octanol–water partition coefficient (Wildman–Crippen LogP) is 13.6. The van der Waals surface area contributed by atoms with Gasteiger partial charge in [0, 0.05) is 17.1 Å². The number of hydrogen-bond acceptors (Lipinski definition) is 1. The minimum atomic E-state index is 1.11. The Morgan fingerprint density at radius 1 is 0.245 bits per heavy atom. The van der Waals surface area contributed by atoms with Crippen LogP contribution in [0.25, 0.3) is 65.7 Å². The zero-order chi connectivity index (χ0) is 32.6. The molecule has 0 saturated carbocycles. The fourth-order valence-corrected chi connectivity index (χ4v) is 7.16. The van der Waals surface area contributed by atoms with Gasteiger partial charge in [-0.05, 0) is 114 Å². The highest BCUT2D eigenvalue weighted by molar-refractivity contribution is 6.13. The first-order chi connectivity index (χ1) is 24.3. The third-order valence-corrected chi connectivity index (χ3v) is 9.62. The van der Waals surface area contributed by atoms with Crippen LogP contribution in [0, 0.1) is 0 Å². The Bertz CT molecular complexity index is 2580. The van der Waals surface area contributed by atoms with Crippen molar-refractivity contribution in [2.24, 2.45) is 0 Å². The van der Waals surface area contributed by atoms with E-state index in [-0.39, 0.29) is 0 Å². The van der Waals surface area contributed by atoms with Gasteiger partial charge < -0.3 is 4.90 Å². The molecule has 0 spiro atoms. The van der Waals surface area contributed by atoms with Crippen molar-refractivity contribution in [2.45, 2.75) is 0 Å². The molecule has 0 radical (unpaired) electrons. The van der Waals surface area contributed by atoms with Crippen LogP contribution in [0.5, 0.6) is 0 Å². The summed E-state index contributed by atoms with van der Waals surface area (Å²) in [6, 6.07) is 72.5. The average molecular weight is 624 g/mol. The van der Waals surface area contributed by atoms with E-state index in [9.17, 15) is 0 Å². The van der Waals surface area contributed by atoms with Crippen LogP contribution in [0.3, 0.4) is 0 Å². The van der Waals surface area contributed by atoms with Crippen molar-refractivity contribution in [1.29, 1.82) is 0 Å². The molecule has 1 nitrogen and oxygen atoms in total. The number of rotatable bonds is 6. The number of nitrogens with zero attached hydrogens (tertiary/aromatic N) is 1. The number of benzene rings is 9. The van der Waals surface area contributed by atoms with Crippen LogP contribution in [-0.2, 0) is 0 Å². The maximum atomic E-state index is 2.36. The normalized spacial score (nSPS) is 11.3. The summed E-state index contributed by atoms with van der Waals surface area (Å²) in [7, 11) is 0. The molecule has 0 amide bonds. The quantitative estimate of drug-likeness (QED) is 0.167. The molecule has 9 aromatic carbocycles. The second-order valence-corrected chi connectivity index (χ2v) is 12.6. The lowest BCUT2D eigenvalue weighted by atomic mass is 9.93. The van der Waals surface area contributed by atoms with Crippen LogP contribution in [0.4, 0.5) is 17.1 Å². The van der Waals surface area contributed by atoms with Crippen molar-refractivity contribution in [3.63, 3.8) is 0 Å². The molecule has 9 rings (SSSR count). The number of hydrogen-bond donors (Lipinski definition) is 0. The molecular weight excluding hydrogens is 591 g/mol. The highest BCUT2D eigenvalue weighted by Crippen LogP contribution is 2.40. The third-order valence-electron chi connectivity index (χ3n) is 9.62. The third kappa shape index (κ3) is 5.42. The van der Waals surface area contributed by atoms with Crippen LogP contribution in [0.15, 0.2) is 200 Å². The van der Waals surface area contributed by atoms with E-state index in [0.717, 1.165) is 17.1 Å². The van der Waals surface area contributed by atoms with E-state index in [0.29, 0.717) is 0 Å². The van der Waals surface area contributed by atoms with E-state index in [2.05, 4.69) is 205 Å². The van der Waals surface area contributed by atoms with Gasteiger partial charge in [-0.15, -0.1) is 0 Å². The molecule has 0 aliphatic rings. The van der Waals surface area contributed by atoms with E-state index in [1.807, 2.05) is 0 Å². The Hall–Kier alpha value is -6.44. The Kier molecular flexibility index (Phi) is 7.22. The molecule has 0 unspecified atom stereocenters. The Balaban J connectivity index is 1.15. The summed E-state index contributed by atoms with van der Waals surface area (Å²) in [6.07, 6.45) is 0. The smallest absolute Gasteiger partial charge is 0.0467 e. The fourth-order valence-electron chi connectivity index (χ4n) is 7.16. The van der Waals surface area contributed by atoms with Crippen molar-refractivity contribution >= 4 is 49.4 Å². The molecule has 0 atom stereocenters. The molecular formula is C48H33N. The van der Waals surface area contributed by atoms with Crippen LogP contribution < -0.4 is 4.90 Å². The van der Waals surface area contributed by atoms with Crippen molar-refractivity contribution in [3.05, 3.63) is 200 Å². The molecule has 0 heterocycles.